The zero-order chi connectivity index (χ0) is 45.7. The molecule has 5 atom stereocenters. The highest BCUT2D eigenvalue weighted by molar-refractivity contribution is 7.91. The first kappa shape index (κ1) is 44.3. The van der Waals surface area contributed by atoms with Crippen molar-refractivity contribution in [3.8, 4) is 23.0 Å². The van der Waals surface area contributed by atoms with Crippen LogP contribution in [0.2, 0.25) is 0 Å². The minimum atomic E-state index is -4.58. The van der Waals surface area contributed by atoms with Crippen LogP contribution in [-0.2, 0) is 35.3 Å². The maximum absolute atomic E-state index is 14.8. The summed E-state index contributed by atoms with van der Waals surface area (Å²) in [5.74, 6) is -2.36. The number of carbonyl (C=O) groups excluding carboxylic acids is 4. The van der Waals surface area contributed by atoms with Gasteiger partial charge in [0.15, 0.2) is 5.82 Å². The van der Waals surface area contributed by atoms with E-state index in [1.165, 1.54) is 24.1 Å². The highest BCUT2D eigenvalue weighted by Crippen LogP contribution is 2.46. The molecule has 16 nitrogen and oxygen atoms in total. The Balaban J connectivity index is 1.07. The molecule has 2 aliphatic heterocycles. The second-order valence-corrected chi connectivity index (χ2v) is 19.5. The summed E-state index contributed by atoms with van der Waals surface area (Å²) in [6.07, 6.45) is 4.05. The van der Waals surface area contributed by atoms with Crippen molar-refractivity contribution in [3.05, 3.63) is 60.2 Å². The van der Waals surface area contributed by atoms with Gasteiger partial charge in [0.05, 0.1) is 24.5 Å². The number of amides is 4. The molecule has 0 bridgehead atoms. The molecule has 0 spiro atoms. The number of alkyl carbamates (subject to hydrolysis) is 1. The topological polar surface area (TPSA) is 208 Å². The molecular weight excluding hydrogens is 874 g/mol. The SMILES string of the molecule is COc1ccc2c(c1)oc1c(O[C@@H]3C[C@H]4C(=O)N[C@]5(C(=O)NS(=O)(=O)C6CC6)C[C@H]5C=CCCCCC[C@H](NC(=O)OC5CCCC5)C(=O)N4C3)nc(-c3ccc(C(F)(F)F)cc3)nc12. The smallest absolute Gasteiger partial charge is 0.416 e. The van der Waals surface area contributed by atoms with E-state index in [-0.39, 0.29) is 60.3 Å². The average molecular weight is 923 g/mol. The van der Waals surface area contributed by atoms with Gasteiger partial charge in [0.25, 0.3) is 11.8 Å². The lowest BCUT2D eigenvalue weighted by atomic mass is 10.0. The van der Waals surface area contributed by atoms with Crippen LogP contribution in [0.5, 0.6) is 11.6 Å². The molecule has 3 aliphatic carbocycles. The maximum Gasteiger partial charge on any atom is 0.416 e. The lowest BCUT2D eigenvalue weighted by Gasteiger charge is -2.30. The van der Waals surface area contributed by atoms with Crippen LogP contribution < -0.4 is 24.8 Å². The van der Waals surface area contributed by atoms with E-state index in [0.29, 0.717) is 61.7 Å². The fourth-order valence-corrected chi connectivity index (χ4v) is 10.4. The number of fused-ring (bicyclic) bond motifs is 5. The van der Waals surface area contributed by atoms with Crippen LogP contribution in [-0.4, -0.2) is 95.8 Å². The summed E-state index contributed by atoms with van der Waals surface area (Å²) >= 11 is 0. The molecule has 3 saturated carbocycles. The summed E-state index contributed by atoms with van der Waals surface area (Å²) in [5, 5.41) is 5.43. The second kappa shape index (κ2) is 17.5. The first-order valence-corrected chi connectivity index (χ1v) is 23.6. The number of nitrogens with one attached hydrogen (secondary N) is 3. The quantitative estimate of drug-likeness (QED) is 0.155. The van der Waals surface area contributed by atoms with Crippen molar-refractivity contribution in [2.24, 2.45) is 5.92 Å². The molecular formula is C45H49F3N6O10S. The van der Waals surface area contributed by atoms with Crippen molar-refractivity contribution >= 4 is 55.9 Å². The third kappa shape index (κ3) is 9.31. The predicted molar refractivity (Wildman–Crippen MR) is 228 cm³/mol. The number of allylic oxidation sites excluding steroid dienone is 1. The number of nitrogens with zero attached hydrogens (tertiary/aromatic N) is 3. The van der Waals surface area contributed by atoms with Gasteiger partial charge in [-0.3, -0.25) is 19.1 Å². The van der Waals surface area contributed by atoms with Gasteiger partial charge in [-0.25, -0.2) is 18.2 Å². The first-order chi connectivity index (χ1) is 31.1. The van der Waals surface area contributed by atoms with Gasteiger partial charge in [0.2, 0.25) is 27.4 Å². The Bertz CT molecular complexity index is 2650. The molecule has 1 saturated heterocycles. The molecule has 0 unspecified atom stereocenters. The number of sulfonamides is 1. The molecule has 4 amide bonds. The summed E-state index contributed by atoms with van der Waals surface area (Å²) < 4.78 is 92.6. The van der Waals surface area contributed by atoms with E-state index in [9.17, 15) is 40.8 Å². The number of ether oxygens (including phenoxy) is 3. The lowest BCUT2D eigenvalue weighted by molar-refractivity contribution is -0.141. The van der Waals surface area contributed by atoms with Crippen LogP contribution in [0.25, 0.3) is 33.5 Å². The third-order valence-corrected chi connectivity index (χ3v) is 14.8. The van der Waals surface area contributed by atoms with Crippen LogP contribution in [0, 0.1) is 5.92 Å². The lowest BCUT2D eigenvalue weighted by Crippen LogP contribution is -2.58. The number of halogens is 3. The molecule has 4 aromatic rings. The van der Waals surface area contributed by atoms with Crippen molar-refractivity contribution in [2.75, 3.05) is 13.7 Å². The minimum Gasteiger partial charge on any atom is -0.497 e. The van der Waals surface area contributed by atoms with Crippen LogP contribution in [0.3, 0.4) is 0 Å². The number of aromatic nitrogens is 2. The molecule has 4 fully saturated rings. The van der Waals surface area contributed by atoms with Crippen molar-refractivity contribution in [3.63, 3.8) is 0 Å². The van der Waals surface area contributed by atoms with Gasteiger partial charge in [-0.05, 0) is 88.5 Å². The fourth-order valence-electron chi connectivity index (χ4n) is 9.08. The Kier molecular flexibility index (Phi) is 11.9. The van der Waals surface area contributed by atoms with Gasteiger partial charge in [0.1, 0.15) is 46.7 Å². The van der Waals surface area contributed by atoms with Crippen molar-refractivity contribution in [1.29, 1.82) is 0 Å². The Morgan fingerprint density at radius 3 is 2.43 bits per heavy atom. The third-order valence-electron chi connectivity index (χ3n) is 12.9. The van der Waals surface area contributed by atoms with E-state index >= 15 is 0 Å². The van der Waals surface area contributed by atoms with E-state index in [1.54, 1.807) is 18.2 Å². The van der Waals surface area contributed by atoms with Crippen LogP contribution in [0.4, 0.5) is 18.0 Å². The molecule has 4 heterocycles. The number of rotatable bonds is 9. The molecule has 2 aromatic heterocycles. The maximum atomic E-state index is 14.8. The molecule has 2 aromatic carbocycles. The molecule has 3 N–H and O–H groups in total. The standard InChI is InChI=1S/C45H49F3N6O10S/c1-61-29-17-20-32-35(22-29)64-37-36(32)50-38(25-13-15-26(16-14-25)45(46,47)48)51-40(37)62-30-21-34-39(55)52-44(42(57)53-65(59,60)31-18-19-31)23-27(44)9-5-3-2-4-6-12-33(41(56)54(34)24-30)49-43(58)63-28-10-7-8-11-28/h5,9,13-17,20,22,27-28,30-31,33-34H,2-4,6-8,10-12,18-19,21,23-24H2,1H3,(H,49,58)(H,52,55)(H,53,57)/t27-,30-,33+,34+,44-/m1/s1. The number of hydrogen-bond donors (Lipinski definition) is 3. The zero-order valence-electron chi connectivity index (χ0n) is 35.5. The van der Waals surface area contributed by atoms with Gasteiger partial charge >= 0.3 is 12.3 Å². The number of carbonyl (C=O) groups is 4. The Morgan fingerprint density at radius 1 is 0.954 bits per heavy atom. The average Bonchev–Trinajstić information content (AvgIpc) is 4.09. The van der Waals surface area contributed by atoms with Crippen molar-refractivity contribution < 1.29 is 59.4 Å². The van der Waals surface area contributed by atoms with E-state index in [0.717, 1.165) is 31.4 Å². The minimum absolute atomic E-state index is 0.00776. The number of benzene rings is 2. The van der Waals surface area contributed by atoms with Crippen molar-refractivity contribution in [1.82, 2.24) is 30.2 Å². The van der Waals surface area contributed by atoms with E-state index in [1.807, 2.05) is 12.2 Å². The molecule has 65 heavy (non-hydrogen) atoms. The van der Waals surface area contributed by atoms with Gasteiger partial charge in [0, 0.05) is 29.4 Å². The predicted octanol–water partition coefficient (Wildman–Crippen LogP) is 6.46. The normalized spacial score (nSPS) is 25.6. The molecule has 5 aliphatic rings. The summed E-state index contributed by atoms with van der Waals surface area (Å²) in [7, 11) is -2.50. The first-order valence-electron chi connectivity index (χ1n) is 22.1. The van der Waals surface area contributed by atoms with E-state index in [2.05, 4.69) is 25.3 Å². The molecule has 346 valence electrons. The summed E-state index contributed by atoms with van der Waals surface area (Å²) in [5.41, 5.74) is -1.55. The van der Waals surface area contributed by atoms with E-state index < -0.39 is 80.5 Å². The summed E-state index contributed by atoms with van der Waals surface area (Å²) in [4.78, 5) is 67.2. The number of methoxy groups -OCH3 is 1. The summed E-state index contributed by atoms with van der Waals surface area (Å²) in [6.45, 7) is -0.208. The molecule has 9 rings (SSSR count). The van der Waals surface area contributed by atoms with Gasteiger partial charge in [-0.15, -0.1) is 0 Å². The van der Waals surface area contributed by atoms with Crippen LogP contribution in [0.1, 0.15) is 89.0 Å². The molecule has 20 heteroatoms. The second-order valence-electron chi connectivity index (χ2n) is 17.6. The Labute approximate surface area is 372 Å². The van der Waals surface area contributed by atoms with E-state index in [4.69, 9.17) is 18.6 Å². The van der Waals surface area contributed by atoms with Crippen LogP contribution >= 0.6 is 0 Å². The van der Waals surface area contributed by atoms with Gasteiger partial charge < -0.3 is 34.2 Å². The van der Waals surface area contributed by atoms with Gasteiger partial charge in [-0.2, -0.15) is 18.2 Å². The number of hydrogen-bond acceptors (Lipinski definition) is 12. The zero-order valence-corrected chi connectivity index (χ0v) is 36.3. The highest BCUT2D eigenvalue weighted by Gasteiger charge is 2.62. The van der Waals surface area contributed by atoms with Crippen LogP contribution in [0.15, 0.2) is 59.0 Å². The van der Waals surface area contributed by atoms with Gasteiger partial charge in [-0.1, -0.05) is 37.1 Å². The number of furan rings is 1. The Hall–Kier alpha value is -5.92. The number of alkyl halides is 3. The van der Waals surface area contributed by atoms with Crippen molar-refractivity contribution in [2.45, 2.75) is 125 Å². The highest BCUT2D eigenvalue weighted by atomic mass is 32.2. The largest absolute Gasteiger partial charge is 0.497 e. The summed E-state index contributed by atoms with van der Waals surface area (Å²) in [6, 6.07) is 6.94. The monoisotopic (exact) mass is 922 g/mol. The molecule has 0 radical (unpaired) electrons. The fraction of sp³-hybridized carbons (Fsp3) is 0.511. The Morgan fingerprint density at radius 2 is 1.71 bits per heavy atom.